The van der Waals surface area contributed by atoms with Crippen LogP contribution in [0.25, 0.3) is 10.2 Å². The zero-order chi connectivity index (χ0) is 7.84. The van der Waals surface area contributed by atoms with E-state index in [-0.39, 0.29) is 12.4 Å². The van der Waals surface area contributed by atoms with Gasteiger partial charge in [0.15, 0.2) is 0 Å². The van der Waals surface area contributed by atoms with Gasteiger partial charge in [0.2, 0.25) is 0 Å². The maximum atomic E-state index is 5.68. The summed E-state index contributed by atoms with van der Waals surface area (Å²) in [7, 11) is 0. The van der Waals surface area contributed by atoms with Gasteiger partial charge in [0.25, 0.3) is 0 Å². The number of hydrogen-bond acceptors (Lipinski definition) is 4. The Morgan fingerprint density at radius 1 is 1.33 bits per heavy atom. The number of rotatable bonds is 0. The van der Waals surface area contributed by atoms with Gasteiger partial charge in [-0.1, -0.05) is 11.3 Å². The van der Waals surface area contributed by atoms with E-state index in [0.29, 0.717) is 10.7 Å². The quantitative estimate of drug-likeness (QED) is 0.684. The first-order valence-corrected chi connectivity index (χ1v) is 3.99. The Kier molecular flexibility index (Phi) is 2.40. The fourth-order valence-electron chi connectivity index (χ4n) is 0.969. The van der Waals surface area contributed by atoms with Crippen molar-refractivity contribution in [1.29, 1.82) is 0 Å². The second-order valence-electron chi connectivity index (χ2n) is 2.24. The molecule has 0 radical (unpaired) electrons. The van der Waals surface area contributed by atoms with Crippen LogP contribution in [0.1, 0.15) is 0 Å². The molecule has 2 aromatic rings. The Bertz CT molecular complexity index is 398. The molecule has 12 heavy (non-hydrogen) atoms. The largest absolute Gasteiger partial charge is 0.396 e. The standard InChI is InChI=1S/C7H7N3S.ClH/c8-5-4-2-1-3-10-7(4)11-6(5)9;/h1-3H,8-9H2;1H. The van der Waals surface area contributed by atoms with Crippen LogP contribution in [0.4, 0.5) is 10.7 Å². The molecule has 0 amide bonds. The highest BCUT2D eigenvalue weighted by Crippen LogP contribution is 2.33. The Morgan fingerprint density at radius 2 is 2.08 bits per heavy atom. The smallest absolute Gasteiger partial charge is 0.127 e. The van der Waals surface area contributed by atoms with Crippen LogP contribution in [0.3, 0.4) is 0 Å². The molecule has 5 heteroatoms. The summed E-state index contributed by atoms with van der Waals surface area (Å²) < 4.78 is 0. The lowest BCUT2D eigenvalue weighted by Gasteiger charge is -1.88. The normalized spacial score (nSPS) is 9.67. The number of fused-ring (bicyclic) bond motifs is 1. The maximum Gasteiger partial charge on any atom is 0.127 e. The minimum Gasteiger partial charge on any atom is -0.396 e. The van der Waals surface area contributed by atoms with E-state index in [2.05, 4.69) is 4.98 Å². The van der Waals surface area contributed by atoms with E-state index in [1.807, 2.05) is 12.1 Å². The van der Waals surface area contributed by atoms with Gasteiger partial charge < -0.3 is 11.5 Å². The molecule has 0 aliphatic carbocycles. The van der Waals surface area contributed by atoms with Crippen molar-refractivity contribution in [3.8, 4) is 0 Å². The third kappa shape index (κ3) is 1.19. The van der Waals surface area contributed by atoms with Crippen molar-refractivity contribution in [2.24, 2.45) is 0 Å². The van der Waals surface area contributed by atoms with Gasteiger partial charge >= 0.3 is 0 Å². The Hall–Kier alpha value is -1.00. The number of halogens is 1. The molecular weight excluding hydrogens is 194 g/mol. The van der Waals surface area contributed by atoms with E-state index in [9.17, 15) is 0 Å². The number of nitrogens with two attached hydrogens (primary N) is 2. The molecule has 0 spiro atoms. The third-order valence-electron chi connectivity index (χ3n) is 1.53. The highest BCUT2D eigenvalue weighted by Gasteiger charge is 2.04. The second kappa shape index (κ2) is 3.16. The van der Waals surface area contributed by atoms with E-state index >= 15 is 0 Å². The molecule has 2 aromatic heterocycles. The Morgan fingerprint density at radius 3 is 2.75 bits per heavy atom. The second-order valence-corrected chi connectivity index (χ2v) is 3.27. The van der Waals surface area contributed by atoms with Crippen molar-refractivity contribution < 1.29 is 0 Å². The molecule has 3 nitrogen and oxygen atoms in total. The number of hydrogen-bond donors (Lipinski definition) is 2. The van der Waals surface area contributed by atoms with Crippen molar-refractivity contribution >= 4 is 44.6 Å². The summed E-state index contributed by atoms with van der Waals surface area (Å²) in [4.78, 5) is 5.03. The first-order valence-electron chi connectivity index (χ1n) is 3.17. The van der Waals surface area contributed by atoms with Crippen LogP contribution in [0, 0.1) is 0 Å². The summed E-state index contributed by atoms with van der Waals surface area (Å²) in [6.45, 7) is 0. The minimum absolute atomic E-state index is 0. The van der Waals surface area contributed by atoms with Crippen molar-refractivity contribution in [2.45, 2.75) is 0 Å². The van der Waals surface area contributed by atoms with Crippen LogP contribution < -0.4 is 11.5 Å². The third-order valence-corrected chi connectivity index (χ3v) is 2.49. The predicted molar refractivity (Wildman–Crippen MR) is 55.7 cm³/mol. The monoisotopic (exact) mass is 201 g/mol. The topological polar surface area (TPSA) is 64.9 Å². The summed E-state index contributed by atoms with van der Waals surface area (Å²) in [6.07, 6.45) is 1.73. The number of thiophene rings is 1. The fourth-order valence-corrected chi connectivity index (χ4v) is 1.80. The molecule has 0 saturated carbocycles. The zero-order valence-corrected chi connectivity index (χ0v) is 7.78. The van der Waals surface area contributed by atoms with Crippen LogP contribution in [0.2, 0.25) is 0 Å². The summed E-state index contributed by atoms with van der Waals surface area (Å²) in [6, 6.07) is 3.77. The van der Waals surface area contributed by atoms with Gasteiger partial charge in [-0.15, -0.1) is 12.4 Å². The number of nitrogens with zero attached hydrogens (tertiary/aromatic N) is 1. The lowest BCUT2D eigenvalue weighted by atomic mass is 10.3. The molecule has 4 N–H and O–H groups in total. The number of aromatic nitrogens is 1. The summed E-state index contributed by atoms with van der Waals surface area (Å²) in [5.74, 6) is 0. The van der Waals surface area contributed by atoms with Crippen molar-refractivity contribution in [3.05, 3.63) is 18.3 Å². The number of pyridine rings is 1. The molecule has 2 rings (SSSR count). The van der Waals surface area contributed by atoms with Crippen LogP contribution in [0.5, 0.6) is 0 Å². The summed E-state index contributed by atoms with van der Waals surface area (Å²) in [5, 5.41) is 1.61. The first kappa shape index (κ1) is 9.09. The molecule has 0 fully saturated rings. The molecule has 0 aliphatic rings. The van der Waals surface area contributed by atoms with Gasteiger partial charge in [-0.3, -0.25) is 0 Å². The first-order chi connectivity index (χ1) is 5.29. The van der Waals surface area contributed by atoms with Crippen molar-refractivity contribution in [2.75, 3.05) is 11.5 Å². The SMILES string of the molecule is Cl.Nc1sc2ncccc2c1N. The van der Waals surface area contributed by atoms with Gasteiger partial charge in [-0.2, -0.15) is 0 Å². The highest BCUT2D eigenvalue weighted by molar-refractivity contribution is 7.23. The molecule has 2 heterocycles. The average molecular weight is 202 g/mol. The van der Waals surface area contributed by atoms with Crippen LogP contribution >= 0.6 is 23.7 Å². The van der Waals surface area contributed by atoms with Gasteiger partial charge in [-0.25, -0.2) is 4.98 Å². The lowest BCUT2D eigenvalue weighted by molar-refractivity contribution is 1.45. The van der Waals surface area contributed by atoms with E-state index in [1.165, 1.54) is 11.3 Å². The van der Waals surface area contributed by atoms with Crippen LogP contribution in [0.15, 0.2) is 18.3 Å². The van der Waals surface area contributed by atoms with E-state index in [4.69, 9.17) is 11.5 Å². The van der Waals surface area contributed by atoms with E-state index in [1.54, 1.807) is 6.20 Å². The summed E-state index contributed by atoms with van der Waals surface area (Å²) >= 11 is 1.42. The molecule has 64 valence electrons. The number of anilines is 2. The molecule has 0 aromatic carbocycles. The summed E-state index contributed by atoms with van der Waals surface area (Å²) in [5.41, 5.74) is 11.9. The van der Waals surface area contributed by atoms with Crippen LogP contribution in [-0.2, 0) is 0 Å². The highest BCUT2D eigenvalue weighted by atomic mass is 35.5. The predicted octanol–water partition coefficient (Wildman–Crippen LogP) is 1.88. The zero-order valence-electron chi connectivity index (χ0n) is 6.15. The van der Waals surface area contributed by atoms with Crippen LogP contribution in [-0.4, -0.2) is 4.98 Å². The average Bonchev–Trinajstić information content (AvgIpc) is 2.30. The van der Waals surface area contributed by atoms with Crippen molar-refractivity contribution in [3.63, 3.8) is 0 Å². The lowest BCUT2D eigenvalue weighted by Crippen LogP contribution is -1.87. The van der Waals surface area contributed by atoms with Gasteiger partial charge in [0.1, 0.15) is 9.83 Å². The van der Waals surface area contributed by atoms with E-state index in [0.717, 1.165) is 10.2 Å². The molecule has 0 aliphatic heterocycles. The molecule has 0 unspecified atom stereocenters. The van der Waals surface area contributed by atoms with Gasteiger partial charge in [-0.05, 0) is 12.1 Å². The molecule has 0 bridgehead atoms. The Balaban J connectivity index is 0.000000720. The van der Waals surface area contributed by atoms with E-state index < -0.39 is 0 Å². The maximum absolute atomic E-state index is 5.68. The molecular formula is C7H8ClN3S. The minimum atomic E-state index is 0. The fraction of sp³-hybridized carbons (Fsp3) is 0. The molecule has 0 atom stereocenters. The van der Waals surface area contributed by atoms with Gasteiger partial charge in [0, 0.05) is 11.6 Å². The van der Waals surface area contributed by atoms with Gasteiger partial charge in [0.05, 0.1) is 5.69 Å². The van der Waals surface area contributed by atoms with Crippen molar-refractivity contribution in [1.82, 2.24) is 4.98 Å². The Labute approximate surface area is 79.8 Å². The number of nitrogen functional groups attached to an aromatic ring is 2. The molecule has 0 saturated heterocycles.